The normalized spacial score (nSPS) is 10.6. The first-order chi connectivity index (χ1) is 6.56. The third-order valence-corrected chi connectivity index (χ3v) is 1.88. The summed E-state index contributed by atoms with van der Waals surface area (Å²) in [6, 6.07) is 3.70. The molecule has 1 aromatic heterocycles. The van der Waals surface area contributed by atoms with Gasteiger partial charge in [-0.1, -0.05) is 0 Å². The lowest BCUT2D eigenvalue weighted by Crippen LogP contribution is -2.35. The van der Waals surface area contributed by atoms with E-state index in [0.29, 0.717) is 6.54 Å². The van der Waals surface area contributed by atoms with Crippen molar-refractivity contribution in [2.24, 2.45) is 5.41 Å². The van der Waals surface area contributed by atoms with Crippen molar-refractivity contribution in [3.63, 3.8) is 0 Å². The predicted molar refractivity (Wildman–Crippen MR) is 49.9 cm³/mol. The van der Waals surface area contributed by atoms with Gasteiger partial charge in [0.25, 0.3) is 0 Å². The van der Waals surface area contributed by atoms with Crippen molar-refractivity contribution in [3.05, 3.63) is 24.2 Å². The van der Waals surface area contributed by atoms with E-state index in [4.69, 9.17) is 9.68 Å². The Morgan fingerprint density at radius 1 is 1.71 bits per heavy atom. The lowest BCUT2D eigenvalue weighted by Gasteiger charge is -2.14. The van der Waals surface area contributed by atoms with Crippen LogP contribution in [0.4, 0.5) is 0 Å². The molecule has 0 aromatic carbocycles. The summed E-state index contributed by atoms with van der Waals surface area (Å²) in [5.41, 5.74) is -0.101. The zero-order valence-electron chi connectivity index (χ0n) is 8.20. The van der Waals surface area contributed by atoms with E-state index in [1.807, 2.05) is 6.07 Å². The fourth-order valence-electron chi connectivity index (χ4n) is 0.847. The molecule has 0 aliphatic carbocycles. The maximum Gasteiger partial charge on any atom is 0.240 e. The molecule has 14 heavy (non-hydrogen) atoms. The quantitative estimate of drug-likeness (QED) is 0.788. The van der Waals surface area contributed by atoms with Crippen LogP contribution < -0.4 is 5.32 Å². The van der Waals surface area contributed by atoms with Crippen LogP contribution in [0, 0.1) is 16.7 Å². The van der Waals surface area contributed by atoms with Gasteiger partial charge in [0.1, 0.15) is 5.41 Å². The van der Waals surface area contributed by atoms with Gasteiger partial charge in [-0.2, -0.15) is 5.26 Å². The molecule has 0 aliphatic rings. The summed E-state index contributed by atoms with van der Waals surface area (Å²) in [7, 11) is 0. The number of nitriles is 1. The van der Waals surface area contributed by atoms with E-state index in [-0.39, 0.29) is 5.91 Å². The van der Waals surface area contributed by atoms with Crippen LogP contribution in [0.2, 0.25) is 0 Å². The molecule has 1 aromatic rings. The minimum atomic E-state index is -0.982. The molecule has 74 valence electrons. The SMILES string of the molecule is CC(C)(C#N)C(=O)NCc1ccoc1. The van der Waals surface area contributed by atoms with Crippen molar-refractivity contribution in [2.75, 3.05) is 0 Å². The Labute approximate surface area is 82.5 Å². The molecule has 0 radical (unpaired) electrons. The summed E-state index contributed by atoms with van der Waals surface area (Å²) in [4.78, 5) is 11.4. The maximum atomic E-state index is 11.4. The Bertz CT molecular complexity index is 347. The third-order valence-electron chi connectivity index (χ3n) is 1.88. The van der Waals surface area contributed by atoms with Crippen LogP contribution in [0.3, 0.4) is 0 Å². The topological polar surface area (TPSA) is 66.0 Å². The molecule has 0 spiro atoms. The first-order valence-corrected chi connectivity index (χ1v) is 4.27. The standard InChI is InChI=1S/C10H12N2O2/c1-10(2,7-11)9(13)12-5-8-3-4-14-6-8/h3-4,6H,5H2,1-2H3,(H,12,13). The number of carbonyl (C=O) groups is 1. The largest absolute Gasteiger partial charge is 0.472 e. The van der Waals surface area contributed by atoms with Gasteiger partial charge in [-0.25, -0.2) is 0 Å². The van der Waals surface area contributed by atoms with Gasteiger partial charge in [0.2, 0.25) is 5.91 Å². The molecule has 1 heterocycles. The zero-order chi connectivity index (χ0) is 10.6. The molecule has 1 N–H and O–H groups in total. The molecule has 0 saturated heterocycles. The van der Waals surface area contributed by atoms with Crippen LogP contribution in [0.25, 0.3) is 0 Å². The van der Waals surface area contributed by atoms with Gasteiger partial charge >= 0.3 is 0 Å². The van der Waals surface area contributed by atoms with Crippen LogP contribution in [-0.4, -0.2) is 5.91 Å². The van der Waals surface area contributed by atoms with Crippen molar-refractivity contribution in [1.29, 1.82) is 5.26 Å². The number of furan rings is 1. The van der Waals surface area contributed by atoms with Gasteiger partial charge in [-0.3, -0.25) is 4.79 Å². The first-order valence-electron chi connectivity index (χ1n) is 4.27. The van der Waals surface area contributed by atoms with Crippen molar-refractivity contribution in [1.82, 2.24) is 5.32 Å². The minimum absolute atomic E-state index is 0.277. The Morgan fingerprint density at radius 3 is 2.93 bits per heavy atom. The highest BCUT2D eigenvalue weighted by Crippen LogP contribution is 2.13. The number of nitrogens with zero attached hydrogens (tertiary/aromatic N) is 1. The molecule has 0 atom stereocenters. The fourth-order valence-corrected chi connectivity index (χ4v) is 0.847. The van der Waals surface area contributed by atoms with Crippen LogP contribution in [0.15, 0.2) is 23.0 Å². The van der Waals surface area contributed by atoms with Crippen molar-refractivity contribution >= 4 is 5.91 Å². The summed E-state index contributed by atoms with van der Waals surface area (Å²) >= 11 is 0. The number of hydrogen-bond acceptors (Lipinski definition) is 3. The number of hydrogen-bond donors (Lipinski definition) is 1. The number of amides is 1. The monoisotopic (exact) mass is 192 g/mol. The number of nitrogens with one attached hydrogen (secondary N) is 1. The molecule has 0 unspecified atom stereocenters. The van der Waals surface area contributed by atoms with Gasteiger partial charge < -0.3 is 9.73 Å². The Hall–Kier alpha value is -1.76. The first kappa shape index (κ1) is 10.3. The minimum Gasteiger partial charge on any atom is -0.472 e. The molecule has 0 fully saturated rings. The van der Waals surface area contributed by atoms with Crippen LogP contribution >= 0.6 is 0 Å². The van der Waals surface area contributed by atoms with E-state index in [1.54, 1.807) is 26.2 Å². The molecule has 1 rings (SSSR count). The molecular weight excluding hydrogens is 180 g/mol. The smallest absolute Gasteiger partial charge is 0.240 e. The van der Waals surface area contributed by atoms with Gasteiger partial charge in [0.15, 0.2) is 0 Å². The summed E-state index contributed by atoms with van der Waals surface area (Å²) in [6.07, 6.45) is 3.09. The molecular formula is C10H12N2O2. The second kappa shape index (κ2) is 3.97. The van der Waals surface area contributed by atoms with Gasteiger partial charge in [-0.05, 0) is 19.9 Å². The molecule has 0 bridgehead atoms. The fraction of sp³-hybridized carbons (Fsp3) is 0.400. The lowest BCUT2D eigenvalue weighted by atomic mass is 9.95. The second-order valence-corrected chi connectivity index (χ2v) is 3.55. The van der Waals surface area contributed by atoms with E-state index < -0.39 is 5.41 Å². The van der Waals surface area contributed by atoms with Crippen LogP contribution in [-0.2, 0) is 11.3 Å². The van der Waals surface area contributed by atoms with Crippen LogP contribution in [0.1, 0.15) is 19.4 Å². The van der Waals surface area contributed by atoms with Gasteiger partial charge in [0, 0.05) is 12.1 Å². The summed E-state index contributed by atoms with van der Waals surface area (Å²) in [6.45, 7) is 3.55. The highest BCUT2D eigenvalue weighted by Gasteiger charge is 2.26. The summed E-state index contributed by atoms with van der Waals surface area (Å²) in [5, 5.41) is 11.3. The van der Waals surface area contributed by atoms with Crippen LogP contribution in [0.5, 0.6) is 0 Å². The molecule has 1 amide bonds. The van der Waals surface area contributed by atoms with Crippen molar-refractivity contribution in [2.45, 2.75) is 20.4 Å². The van der Waals surface area contributed by atoms with Crippen molar-refractivity contribution < 1.29 is 9.21 Å². The summed E-state index contributed by atoms with van der Waals surface area (Å²) < 4.78 is 4.84. The molecule has 0 aliphatic heterocycles. The molecule has 4 nitrogen and oxygen atoms in total. The number of carbonyl (C=O) groups excluding carboxylic acids is 1. The highest BCUT2D eigenvalue weighted by molar-refractivity contribution is 5.84. The molecule has 4 heteroatoms. The van der Waals surface area contributed by atoms with Crippen molar-refractivity contribution in [3.8, 4) is 6.07 Å². The van der Waals surface area contributed by atoms with E-state index in [9.17, 15) is 4.79 Å². The second-order valence-electron chi connectivity index (χ2n) is 3.55. The van der Waals surface area contributed by atoms with E-state index >= 15 is 0 Å². The zero-order valence-corrected chi connectivity index (χ0v) is 8.20. The lowest BCUT2D eigenvalue weighted by molar-refractivity contribution is -0.126. The maximum absolute atomic E-state index is 11.4. The highest BCUT2D eigenvalue weighted by atomic mass is 16.3. The average Bonchev–Trinajstić information content (AvgIpc) is 2.66. The van der Waals surface area contributed by atoms with E-state index in [1.165, 1.54) is 6.26 Å². The summed E-state index contributed by atoms with van der Waals surface area (Å²) in [5.74, 6) is -0.277. The predicted octanol–water partition coefficient (Wildman–Crippen LogP) is 1.45. The van der Waals surface area contributed by atoms with Gasteiger partial charge in [0.05, 0.1) is 18.6 Å². The Kier molecular flexibility index (Phi) is 2.92. The van der Waals surface area contributed by atoms with E-state index in [0.717, 1.165) is 5.56 Å². The third kappa shape index (κ3) is 2.36. The Morgan fingerprint density at radius 2 is 2.43 bits per heavy atom. The number of rotatable bonds is 3. The van der Waals surface area contributed by atoms with E-state index in [2.05, 4.69) is 5.32 Å². The Balaban J connectivity index is 2.48. The molecule has 0 saturated carbocycles. The average molecular weight is 192 g/mol. The van der Waals surface area contributed by atoms with Gasteiger partial charge in [-0.15, -0.1) is 0 Å².